The first-order valence-corrected chi connectivity index (χ1v) is 12.5. The number of hydrogen-bond acceptors (Lipinski definition) is 4. The van der Waals surface area contributed by atoms with Crippen LogP contribution in [0.2, 0.25) is 5.02 Å². The number of rotatable bonds is 4. The van der Waals surface area contributed by atoms with Crippen LogP contribution in [0.5, 0.6) is 0 Å². The van der Waals surface area contributed by atoms with Crippen LogP contribution in [0.3, 0.4) is 0 Å². The molecule has 0 fully saturated rings. The average molecular weight is 487 g/mol. The van der Waals surface area contributed by atoms with Gasteiger partial charge in [0.15, 0.2) is 0 Å². The number of aryl methyl sites for hydroxylation is 1. The number of anilines is 1. The Morgan fingerprint density at radius 2 is 1.79 bits per heavy atom. The van der Waals surface area contributed by atoms with Crippen LogP contribution in [0.4, 0.5) is 5.82 Å². The number of hydrogen-bond donors (Lipinski definition) is 1. The van der Waals surface area contributed by atoms with Gasteiger partial charge in [0.2, 0.25) is 10.0 Å². The van der Waals surface area contributed by atoms with Gasteiger partial charge in [-0.25, -0.2) is 13.1 Å². The van der Waals surface area contributed by atoms with Crippen molar-refractivity contribution in [3.05, 3.63) is 75.9 Å². The molecule has 4 rings (SSSR count). The normalized spacial score (nSPS) is 14.7. The van der Waals surface area contributed by atoms with Crippen LogP contribution in [0.25, 0.3) is 0 Å². The van der Waals surface area contributed by atoms with E-state index in [2.05, 4.69) is 10.4 Å². The van der Waals surface area contributed by atoms with E-state index in [9.17, 15) is 13.2 Å². The third kappa shape index (κ3) is 4.69. The molecule has 0 radical (unpaired) electrons. The number of amides is 1. The molecule has 7 nitrogen and oxygen atoms in total. The van der Waals surface area contributed by atoms with Crippen molar-refractivity contribution in [3.63, 3.8) is 0 Å². The Hall–Kier alpha value is -2.68. The Labute approximate surface area is 199 Å². The fourth-order valence-electron chi connectivity index (χ4n) is 3.95. The highest BCUT2D eigenvalue weighted by Crippen LogP contribution is 2.28. The van der Waals surface area contributed by atoms with Crippen LogP contribution in [0, 0.1) is 6.92 Å². The molecule has 2 heterocycles. The predicted octanol–water partition coefficient (Wildman–Crippen LogP) is 4.60. The Kier molecular flexibility index (Phi) is 6.11. The molecule has 0 aliphatic carbocycles. The molecule has 1 amide bonds. The fraction of sp³-hybridized carbons (Fsp3) is 0.333. The summed E-state index contributed by atoms with van der Waals surface area (Å²) < 4.78 is 29.9. The molecule has 1 N–H and O–H groups in total. The van der Waals surface area contributed by atoms with Crippen LogP contribution in [-0.2, 0) is 28.5 Å². The zero-order valence-corrected chi connectivity index (χ0v) is 20.7. The smallest absolute Gasteiger partial charge is 0.258 e. The van der Waals surface area contributed by atoms with E-state index in [0.717, 1.165) is 16.8 Å². The van der Waals surface area contributed by atoms with Gasteiger partial charge in [-0.1, -0.05) is 35.9 Å². The van der Waals surface area contributed by atoms with Gasteiger partial charge in [0.1, 0.15) is 5.82 Å². The van der Waals surface area contributed by atoms with E-state index in [0.29, 0.717) is 25.3 Å². The second-order valence-corrected chi connectivity index (χ2v) is 11.6. The van der Waals surface area contributed by atoms with Crippen molar-refractivity contribution in [1.82, 2.24) is 14.1 Å². The lowest BCUT2D eigenvalue weighted by atomic mass is 10.0. The van der Waals surface area contributed by atoms with Crippen molar-refractivity contribution in [3.8, 4) is 0 Å². The summed E-state index contributed by atoms with van der Waals surface area (Å²) in [5, 5.41) is 7.46. The van der Waals surface area contributed by atoms with Crippen molar-refractivity contribution >= 4 is 33.3 Å². The van der Waals surface area contributed by atoms with E-state index in [4.69, 9.17) is 11.6 Å². The molecule has 0 bridgehead atoms. The Bertz CT molecular complexity index is 1330. The quantitative estimate of drug-likeness (QED) is 0.584. The van der Waals surface area contributed by atoms with Crippen LogP contribution >= 0.6 is 11.6 Å². The van der Waals surface area contributed by atoms with Crippen molar-refractivity contribution in [1.29, 1.82) is 0 Å². The van der Waals surface area contributed by atoms with Crippen molar-refractivity contribution < 1.29 is 13.2 Å². The summed E-state index contributed by atoms with van der Waals surface area (Å²) in [6, 6.07) is 13.8. The largest absolute Gasteiger partial charge is 0.307 e. The summed E-state index contributed by atoms with van der Waals surface area (Å²) in [4.78, 5) is 13.1. The Morgan fingerprint density at radius 1 is 1.09 bits per heavy atom. The van der Waals surface area contributed by atoms with Gasteiger partial charge in [-0.3, -0.25) is 4.79 Å². The van der Waals surface area contributed by atoms with Crippen molar-refractivity contribution in [2.75, 3.05) is 11.9 Å². The molecule has 174 valence electrons. The molecule has 1 aliphatic heterocycles. The first-order chi connectivity index (χ1) is 15.5. The standard InChI is InChI=1S/C24H27ClN4O3S/c1-16-13-22(29(27-16)24(2,3)4)26-23(30)20-14-19(9-10-21(20)25)33(31,32)28-12-11-17-7-5-6-8-18(17)15-28/h5-10,13-14H,11-12,15H2,1-4H3,(H,26,30). The van der Waals surface area contributed by atoms with Gasteiger partial charge in [-0.15, -0.1) is 0 Å². The zero-order chi connectivity index (χ0) is 24.0. The number of benzene rings is 2. The summed E-state index contributed by atoms with van der Waals surface area (Å²) in [7, 11) is -3.80. The minimum absolute atomic E-state index is 0.0388. The van der Waals surface area contributed by atoms with Gasteiger partial charge >= 0.3 is 0 Å². The van der Waals surface area contributed by atoms with E-state index in [-0.39, 0.29) is 21.0 Å². The van der Waals surface area contributed by atoms with Crippen molar-refractivity contribution in [2.24, 2.45) is 0 Å². The molecule has 1 aliphatic rings. The summed E-state index contributed by atoms with van der Waals surface area (Å²) >= 11 is 6.30. The summed E-state index contributed by atoms with van der Waals surface area (Å²) in [6.45, 7) is 8.46. The van der Waals surface area contributed by atoms with Gasteiger partial charge in [0, 0.05) is 19.2 Å². The highest BCUT2D eigenvalue weighted by Gasteiger charge is 2.29. The first kappa shape index (κ1) is 23.5. The molecule has 9 heteroatoms. The lowest BCUT2D eigenvalue weighted by molar-refractivity contribution is 0.102. The maximum Gasteiger partial charge on any atom is 0.258 e. The molecular formula is C24H27ClN4O3S. The zero-order valence-electron chi connectivity index (χ0n) is 19.1. The third-order valence-electron chi connectivity index (χ3n) is 5.62. The minimum atomic E-state index is -3.80. The lowest BCUT2D eigenvalue weighted by Gasteiger charge is -2.28. The molecule has 33 heavy (non-hydrogen) atoms. The van der Waals surface area contributed by atoms with E-state index < -0.39 is 15.9 Å². The molecule has 0 spiro atoms. The van der Waals surface area contributed by atoms with Crippen LogP contribution in [0.15, 0.2) is 53.4 Å². The van der Waals surface area contributed by atoms with E-state index in [1.807, 2.05) is 52.0 Å². The second kappa shape index (κ2) is 8.59. The topological polar surface area (TPSA) is 84.3 Å². The SMILES string of the molecule is Cc1cc(NC(=O)c2cc(S(=O)(=O)N3CCc4ccccc4C3)ccc2Cl)n(C(C)(C)C)n1. The van der Waals surface area contributed by atoms with Gasteiger partial charge < -0.3 is 5.32 Å². The van der Waals surface area contributed by atoms with Gasteiger partial charge in [0.05, 0.1) is 26.7 Å². The highest BCUT2D eigenvalue weighted by molar-refractivity contribution is 7.89. The summed E-state index contributed by atoms with van der Waals surface area (Å²) in [5.74, 6) is 0.0217. The molecule has 3 aromatic rings. The maximum absolute atomic E-state index is 13.4. The summed E-state index contributed by atoms with van der Waals surface area (Å²) in [6.07, 6.45) is 0.645. The van der Waals surface area contributed by atoms with Crippen molar-refractivity contribution in [2.45, 2.75) is 51.1 Å². The first-order valence-electron chi connectivity index (χ1n) is 10.7. The Balaban J connectivity index is 1.63. The third-order valence-corrected chi connectivity index (χ3v) is 7.80. The van der Waals surface area contributed by atoms with E-state index in [1.165, 1.54) is 22.5 Å². The summed E-state index contributed by atoms with van der Waals surface area (Å²) in [5.41, 5.74) is 2.65. The highest BCUT2D eigenvalue weighted by atomic mass is 35.5. The van der Waals surface area contributed by atoms with Crippen LogP contribution in [0.1, 0.15) is 48.0 Å². The molecule has 0 atom stereocenters. The maximum atomic E-state index is 13.4. The number of halogens is 1. The number of nitrogens with one attached hydrogen (secondary N) is 1. The average Bonchev–Trinajstić information content (AvgIpc) is 3.14. The molecule has 0 unspecified atom stereocenters. The van der Waals surface area contributed by atoms with Crippen LogP contribution < -0.4 is 5.32 Å². The molecule has 0 saturated carbocycles. The number of fused-ring (bicyclic) bond motifs is 1. The lowest BCUT2D eigenvalue weighted by Crippen LogP contribution is -2.36. The van der Waals surface area contributed by atoms with Gasteiger partial charge in [0.25, 0.3) is 5.91 Å². The predicted molar refractivity (Wildman–Crippen MR) is 129 cm³/mol. The molecule has 0 saturated heterocycles. The van der Waals surface area contributed by atoms with E-state index in [1.54, 1.807) is 10.7 Å². The molecular weight excluding hydrogens is 460 g/mol. The number of carbonyl (C=O) groups excluding carboxylic acids is 1. The van der Waals surface area contributed by atoms with Gasteiger partial charge in [-0.2, -0.15) is 9.40 Å². The number of nitrogens with zero attached hydrogens (tertiary/aromatic N) is 3. The number of sulfonamides is 1. The monoisotopic (exact) mass is 486 g/mol. The molecule has 2 aromatic carbocycles. The Morgan fingerprint density at radius 3 is 2.48 bits per heavy atom. The molecule has 1 aromatic heterocycles. The minimum Gasteiger partial charge on any atom is -0.307 e. The number of carbonyl (C=O) groups is 1. The second-order valence-electron chi connectivity index (χ2n) is 9.21. The number of aromatic nitrogens is 2. The van der Waals surface area contributed by atoms with Gasteiger partial charge in [-0.05, 0) is 63.4 Å². The fourth-order valence-corrected chi connectivity index (χ4v) is 5.60. The van der Waals surface area contributed by atoms with E-state index >= 15 is 0 Å². The van der Waals surface area contributed by atoms with Crippen LogP contribution in [-0.4, -0.2) is 35.0 Å².